The Labute approximate surface area is 114 Å². The molecule has 1 aromatic rings. The van der Waals surface area contributed by atoms with Gasteiger partial charge in [-0.15, -0.1) is 0 Å². The Morgan fingerprint density at radius 2 is 2.16 bits per heavy atom. The van der Waals surface area contributed by atoms with Crippen LogP contribution in [0.5, 0.6) is 0 Å². The summed E-state index contributed by atoms with van der Waals surface area (Å²) in [6, 6.07) is 4.59. The van der Waals surface area contributed by atoms with Gasteiger partial charge in [-0.1, -0.05) is 6.92 Å². The summed E-state index contributed by atoms with van der Waals surface area (Å²) in [5.74, 6) is 0.652. The SMILES string of the molecule is CC1CC(N)CN(C(=O)c2cccn2C2CCC2)C1. The molecule has 1 aliphatic heterocycles. The van der Waals surface area contributed by atoms with Crippen LogP contribution in [0.3, 0.4) is 0 Å². The molecule has 4 nitrogen and oxygen atoms in total. The lowest BCUT2D eigenvalue weighted by Gasteiger charge is -2.36. The van der Waals surface area contributed by atoms with Crippen LogP contribution in [0.4, 0.5) is 0 Å². The van der Waals surface area contributed by atoms with E-state index in [0.29, 0.717) is 18.5 Å². The van der Waals surface area contributed by atoms with Crippen LogP contribution in [0, 0.1) is 5.92 Å². The average Bonchev–Trinajstić information content (AvgIpc) is 2.73. The van der Waals surface area contributed by atoms with E-state index in [1.165, 1.54) is 19.3 Å². The summed E-state index contributed by atoms with van der Waals surface area (Å²) < 4.78 is 2.16. The van der Waals surface area contributed by atoms with E-state index in [2.05, 4.69) is 11.5 Å². The van der Waals surface area contributed by atoms with E-state index < -0.39 is 0 Å². The second-order valence-corrected chi connectivity index (χ2v) is 6.20. The van der Waals surface area contributed by atoms with E-state index in [4.69, 9.17) is 5.73 Å². The highest BCUT2D eigenvalue weighted by atomic mass is 16.2. The monoisotopic (exact) mass is 261 g/mol. The predicted molar refractivity (Wildman–Crippen MR) is 75.0 cm³/mol. The minimum atomic E-state index is 0.125. The third-order valence-electron chi connectivity index (χ3n) is 4.45. The molecule has 4 heteroatoms. The first-order valence-electron chi connectivity index (χ1n) is 7.37. The molecule has 1 saturated heterocycles. The zero-order valence-corrected chi connectivity index (χ0v) is 11.6. The number of piperidine rings is 1. The Kier molecular flexibility index (Phi) is 3.35. The van der Waals surface area contributed by atoms with Crippen LogP contribution in [-0.2, 0) is 0 Å². The number of amides is 1. The number of hydrogen-bond acceptors (Lipinski definition) is 2. The maximum Gasteiger partial charge on any atom is 0.270 e. The predicted octanol–water partition coefficient (Wildman–Crippen LogP) is 2.02. The van der Waals surface area contributed by atoms with Gasteiger partial charge in [-0.3, -0.25) is 4.79 Å². The van der Waals surface area contributed by atoms with E-state index in [0.717, 1.165) is 18.7 Å². The fourth-order valence-corrected chi connectivity index (χ4v) is 3.29. The maximum absolute atomic E-state index is 12.7. The minimum absolute atomic E-state index is 0.125. The lowest BCUT2D eigenvalue weighted by atomic mass is 9.92. The normalized spacial score (nSPS) is 28.2. The van der Waals surface area contributed by atoms with Crippen LogP contribution in [0.25, 0.3) is 0 Å². The molecular formula is C15H23N3O. The van der Waals surface area contributed by atoms with E-state index in [-0.39, 0.29) is 11.9 Å². The van der Waals surface area contributed by atoms with Crippen molar-refractivity contribution in [2.24, 2.45) is 11.7 Å². The van der Waals surface area contributed by atoms with Gasteiger partial charge in [-0.05, 0) is 43.7 Å². The summed E-state index contributed by atoms with van der Waals surface area (Å²) in [5.41, 5.74) is 6.88. The van der Waals surface area contributed by atoms with Gasteiger partial charge in [0.25, 0.3) is 5.91 Å². The van der Waals surface area contributed by atoms with Crippen molar-refractivity contribution in [2.45, 2.75) is 44.7 Å². The summed E-state index contributed by atoms with van der Waals surface area (Å²) in [6.07, 6.45) is 6.75. The van der Waals surface area contributed by atoms with Gasteiger partial charge in [0.1, 0.15) is 5.69 Å². The summed E-state index contributed by atoms with van der Waals surface area (Å²) in [7, 11) is 0. The summed E-state index contributed by atoms with van der Waals surface area (Å²) in [6.45, 7) is 3.70. The molecule has 2 aliphatic rings. The van der Waals surface area contributed by atoms with Crippen LogP contribution in [0.15, 0.2) is 18.3 Å². The highest BCUT2D eigenvalue weighted by Crippen LogP contribution is 2.33. The molecule has 0 radical (unpaired) electrons. The molecule has 2 heterocycles. The first-order chi connectivity index (χ1) is 9.15. The van der Waals surface area contributed by atoms with E-state index >= 15 is 0 Å². The number of hydrogen-bond donors (Lipinski definition) is 1. The molecule has 1 amide bonds. The summed E-state index contributed by atoms with van der Waals surface area (Å²) in [5, 5.41) is 0. The Morgan fingerprint density at radius 1 is 1.37 bits per heavy atom. The molecule has 0 bridgehead atoms. The molecule has 2 fully saturated rings. The van der Waals surface area contributed by atoms with Crippen molar-refractivity contribution in [1.29, 1.82) is 0 Å². The number of nitrogens with two attached hydrogens (primary N) is 1. The van der Waals surface area contributed by atoms with Gasteiger partial charge in [-0.2, -0.15) is 0 Å². The second-order valence-electron chi connectivity index (χ2n) is 6.20. The number of rotatable bonds is 2. The molecular weight excluding hydrogens is 238 g/mol. The van der Waals surface area contributed by atoms with Crippen LogP contribution in [0.2, 0.25) is 0 Å². The summed E-state index contributed by atoms with van der Waals surface area (Å²) in [4.78, 5) is 14.6. The Morgan fingerprint density at radius 3 is 2.79 bits per heavy atom. The molecule has 2 unspecified atom stereocenters. The first-order valence-corrected chi connectivity index (χ1v) is 7.37. The van der Waals surface area contributed by atoms with E-state index in [1.807, 2.05) is 23.2 Å². The highest BCUT2D eigenvalue weighted by molar-refractivity contribution is 5.93. The molecule has 2 N–H and O–H groups in total. The molecule has 104 valence electrons. The van der Waals surface area contributed by atoms with Crippen LogP contribution in [-0.4, -0.2) is 34.5 Å². The molecule has 1 aromatic heterocycles. The van der Waals surface area contributed by atoms with Gasteiger partial charge in [0.05, 0.1) is 0 Å². The van der Waals surface area contributed by atoms with Gasteiger partial charge >= 0.3 is 0 Å². The number of carbonyl (C=O) groups excluding carboxylic acids is 1. The fourth-order valence-electron chi connectivity index (χ4n) is 3.29. The van der Waals surface area contributed by atoms with Crippen molar-refractivity contribution in [3.63, 3.8) is 0 Å². The quantitative estimate of drug-likeness (QED) is 0.885. The van der Waals surface area contributed by atoms with Crippen LogP contribution < -0.4 is 5.73 Å². The Balaban J connectivity index is 1.77. The van der Waals surface area contributed by atoms with Gasteiger partial charge in [0.15, 0.2) is 0 Å². The van der Waals surface area contributed by atoms with E-state index in [9.17, 15) is 4.79 Å². The lowest BCUT2D eigenvalue weighted by molar-refractivity contribution is 0.0644. The third kappa shape index (κ3) is 2.41. The topological polar surface area (TPSA) is 51.3 Å². The number of aromatic nitrogens is 1. The lowest BCUT2D eigenvalue weighted by Crippen LogP contribution is -2.49. The number of nitrogens with zero attached hydrogens (tertiary/aromatic N) is 2. The van der Waals surface area contributed by atoms with Gasteiger partial charge in [0.2, 0.25) is 0 Å². The van der Waals surface area contributed by atoms with Crippen molar-refractivity contribution in [1.82, 2.24) is 9.47 Å². The van der Waals surface area contributed by atoms with Crippen LogP contribution >= 0.6 is 0 Å². The molecule has 19 heavy (non-hydrogen) atoms. The van der Waals surface area contributed by atoms with Crippen molar-refractivity contribution in [2.75, 3.05) is 13.1 Å². The second kappa shape index (κ2) is 5.00. The van der Waals surface area contributed by atoms with Gasteiger partial charge in [-0.25, -0.2) is 0 Å². The van der Waals surface area contributed by atoms with E-state index in [1.54, 1.807) is 0 Å². The van der Waals surface area contributed by atoms with Gasteiger partial charge in [0, 0.05) is 31.4 Å². The van der Waals surface area contributed by atoms with Gasteiger partial charge < -0.3 is 15.2 Å². The molecule has 3 rings (SSSR count). The molecule has 1 saturated carbocycles. The number of carbonyl (C=O) groups is 1. The standard InChI is InChI=1S/C15H23N3O/c1-11-8-12(16)10-17(9-11)15(19)14-6-3-7-18(14)13-4-2-5-13/h3,6-7,11-13H,2,4-5,8-10,16H2,1H3. The van der Waals surface area contributed by atoms with Crippen LogP contribution in [0.1, 0.15) is 49.1 Å². The molecule has 2 atom stereocenters. The Hall–Kier alpha value is -1.29. The largest absolute Gasteiger partial charge is 0.340 e. The average molecular weight is 261 g/mol. The fraction of sp³-hybridized carbons (Fsp3) is 0.667. The maximum atomic E-state index is 12.7. The Bertz CT molecular complexity index is 454. The molecule has 0 aromatic carbocycles. The number of likely N-dealkylation sites (tertiary alicyclic amines) is 1. The summed E-state index contributed by atoms with van der Waals surface area (Å²) >= 11 is 0. The molecule has 0 spiro atoms. The third-order valence-corrected chi connectivity index (χ3v) is 4.45. The zero-order valence-electron chi connectivity index (χ0n) is 11.6. The van der Waals surface area contributed by atoms with Crippen molar-refractivity contribution >= 4 is 5.91 Å². The van der Waals surface area contributed by atoms with Crippen molar-refractivity contribution < 1.29 is 4.79 Å². The minimum Gasteiger partial charge on any atom is -0.340 e. The molecule has 1 aliphatic carbocycles. The smallest absolute Gasteiger partial charge is 0.270 e. The van der Waals surface area contributed by atoms with Crippen molar-refractivity contribution in [3.8, 4) is 0 Å². The zero-order chi connectivity index (χ0) is 13.4. The highest BCUT2D eigenvalue weighted by Gasteiger charge is 2.29. The first kappa shape index (κ1) is 12.7. The van der Waals surface area contributed by atoms with Crippen molar-refractivity contribution in [3.05, 3.63) is 24.0 Å².